The van der Waals surface area contributed by atoms with Crippen LogP contribution in [-0.4, -0.2) is 84.8 Å². The summed E-state index contributed by atoms with van der Waals surface area (Å²) in [6.45, 7) is 3.92. The number of hydrazine groups is 1. The second-order valence-electron chi connectivity index (χ2n) is 9.58. The smallest absolute Gasteiger partial charge is 0.180 e. The van der Waals surface area contributed by atoms with Crippen molar-refractivity contribution in [2.75, 3.05) is 50.7 Å². The van der Waals surface area contributed by atoms with E-state index >= 15 is 0 Å². The Balaban J connectivity index is 1.24. The minimum Gasteiger partial charge on any atom is -0.396 e. The van der Waals surface area contributed by atoms with Crippen LogP contribution in [0, 0.1) is 5.41 Å². The van der Waals surface area contributed by atoms with Crippen LogP contribution in [0.15, 0.2) is 28.7 Å². The van der Waals surface area contributed by atoms with E-state index in [1.54, 1.807) is 29.9 Å². The van der Waals surface area contributed by atoms with E-state index in [1.807, 2.05) is 6.07 Å². The summed E-state index contributed by atoms with van der Waals surface area (Å²) in [4.78, 5) is 12.1. The van der Waals surface area contributed by atoms with Crippen LogP contribution in [0.25, 0.3) is 5.70 Å². The van der Waals surface area contributed by atoms with Gasteiger partial charge in [0.05, 0.1) is 40.9 Å². The number of thiazole rings is 1. The van der Waals surface area contributed by atoms with Crippen molar-refractivity contribution in [2.45, 2.75) is 34.7 Å². The highest BCUT2D eigenvalue weighted by Crippen LogP contribution is 2.46. The topological polar surface area (TPSA) is 147 Å². The van der Waals surface area contributed by atoms with Gasteiger partial charge in [-0.15, -0.1) is 11.3 Å². The number of fused-ring (bicyclic) bond motifs is 1. The fourth-order valence-corrected chi connectivity index (χ4v) is 7.22. The summed E-state index contributed by atoms with van der Waals surface area (Å²) in [7, 11) is 1.64. The van der Waals surface area contributed by atoms with Crippen molar-refractivity contribution < 1.29 is 18.9 Å². The molecule has 0 aromatic carbocycles. The number of halogens is 1. The van der Waals surface area contributed by atoms with Gasteiger partial charge in [0.2, 0.25) is 0 Å². The van der Waals surface area contributed by atoms with Crippen LogP contribution in [-0.2, 0) is 18.9 Å². The molecule has 5 unspecified atom stereocenters. The summed E-state index contributed by atoms with van der Waals surface area (Å²) in [5, 5.41) is 4.33. The summed E-state index contributed by atoms with van der Waals surface area (Å²) in [5.74, 6) is 7.42. The number of rotatable bonds is 7. The molecule has 0 aliphatic carbocycles. The molecular formula is C22H28ClN7O4S2. The second-order valence-corrected chi connectivity index (χ2v) is 12.0. The van der Waals surface area contributed by atoms with Gasteiger partial charge >= 0.3 is 0 Å². The quantitative estimate of drug-likeness (QED) is 0.335. The van der Waals surface area contributed by atoms with Gasteiger partial charge < -0.3 is 40.3 Å². The van der Waals surface area contributed by atoms with Crippen molar-refractivity contribution >= 4 is 51.3 Å². The highest BCUT2D eigenvalue weighted by molar-refractivity contribution is 8.00. The van der Waals surface area contributed by atoms with Gasteiger partial charge in [-0.3, -0.25) is 0 Å². The highest BCUT2D eigenvalue weighted by atomic mass is 35.5. The summed E-state index contributed by atoms with van der Waals surface area (Å²) in [5.41, 5.74) is 12.9. The molecule has 2 aromatic heterocycles. The fourth-order valence-electron chi connectivity index (χ4n) is 5.09. The number of methoxy groups -OCH3 is 1. The van der Waals surface area contributed by atoms with Crippen molar-refractivity contribution in [3.05, 3.63) is 34.6 Å². The Morgan fingerprint density at radius 3 is 2.83 bits per heavy atom. The number of hydrogen-bond acceptors (Lipinski definition) is 13. The number of nitrogen functional groups attached to an aromatic ring is 1. The average molecular weight is 554 g/mol. The molecular weight excluding hydrogens is 526 g/mol. The molecule has 36 heavy (non-hydrogen) atoms. The van der Waals surface area contributed by atoms with Crippen molar-refractivity contribution in [1.82, 2.24) is 15.0 Å². The maximum absolute atomic E-state index is 6.53. The first-order chi connectivity index (χ1) is 17.4. The van der Waals surface area contributed by atoms with E-state index in [9.17, 15) is 0 Å². The molecule has 6 N–H and O–H groups in total. The third kappa shape index (κ3) is 4.31. The molecule has 0 amide bonds. The van der Waals surface area contributed by atoms with Crippen molar-refractivity contribution in [1.29, 1.82) is 0 Å². The van der Waals surface area contributed by atoms with Crippen molar-refractivity contribution in [3.8, 4) is 0 Å². The van der Waals surface area contributed by atoms with Crippen LogP contribution in [0.1, 0.15) is 5.69 Å². The Labute approximate surface area is 221 Å². The Morgan fingerprint density at radius 2 is 2.22 bits per heavy atom. The van der Waals surface area contributed by atoms with Crippen molar-refractivity contribution in [3.63, 3.8) is 0 Å². The molecule has 4 aliphatic rings. The minimum atomic E-state index is -0.430. The summed E-state index contributed by atoms with van der Waals surface area (Å²) < 4.78 is 23.6. The molecule has 0 bridgehead atoms. The molecule has 6 rings (SSSR count). The first-order valence-corrected chi connectivity index (χ1v) is 13.7. The lowest BCUT2D eigenvalue weighted by atomic mass is 9.78. The SMILES string of the molecule is COC1C(Sc2cc(Cl)cnc2N2CC3(COC3)C2)OC2COC2C1N(N)/C=C(\N)c1csc(N)n1. The molecule has 2 aromatic rings. The second kappa shape index (κ2) is 9.48. The van der Waals surface area contributed by atoms with Crippen LogP contribution in [0.5, 0.6) is 0 Å². The van der Waals surface area contributed by atoms with Crippen LogP contribution < -0.4 is 22.2 Å². The van der Waals surface area contributed by atoms with Gasteiger partial charge in [-0.1, -0.05) is 23.4 Å². The zero-order valence-corrected chi connectivity index (χ0v) is 22.0. The predicted octanol–water partition coefficient (Wildman–Crippen LogP) is 1.34. The molecule has 11 nitrogen and oxygen atoms in total. The van der Waals surface area contributed by atoms with Gasteiger partial charge in [-0.2, -0.15) is 0 Å². The molecule has 4 saturated heterocycles. The average Bonchev–Trinajstić information content (AvgIpc) is 3.21. The molecule has 5 atom stereocenters. The van der Waals surface area contributed by atoms with Gasteiger partial charge in [0.1, 0.15) is 41.3 Å². The monoisotopic (exact) mass is 553 g/mol. The zero-order valence-electron chi connectivity index (χ0n) is 19.6. The molecule has 4 aliphatic heterocycles. The maximum Gasteiger partial charge on any atom is 0.180 e. The number of nitrogens with two attached hydrogens (primary N) is 3. The molecule has 0 saturated carbocycles. The number of pyridine rings is 1. The molecule has 194 valence electrons. The number of anilines is 2. The summed E-state index contributed by atoms with van der Waals surface area (Å²) >= 11 is 9.21. The third-order valence-corrected chi connectivity index (χ3v) is 9.05. The van der Waals surface area contributed by atoms with E-state index in [0.29, 0.717) is 28.2 Å². The number of aromatic nitrogens is 2. The number of hydrogen-bond donors (Lipinski definition) is 3. The Bertz CT molecular complexity index is 1160. The Kier molecular flexibility index (Phi) is 6.45. The third-order valence-electron chi connectivity index (χ3n) is 7.00. The lowest BCUT2D eigenvalue weighted by Crippen LogP contribution is -2.70. The number of ether oxygens (including phenoxy) is 4. The van der Waals surface area contributed by atoms with E-state index < -0.39 is 6.10 Å². The number of thioether (sulfide) groups is 1. The van der Waals surface area contributed by atoms with Crippen molar-refractivity contribution in [2.24, 2.45) is 17.0 Å². The molecule has 0 radical (unpaired) electrons. The van der Waals surface area contributed by atoms with Gasteiger partial charge in [-0.05, 0) is 6.07 Å². The van der Waals surface area contributed by atoms with E-state index in [4.69, 9.17) is 47.9 Å². The predicted molar refractivity (Wildman–Crippen MR) is 138 cm³/mol. The lowest BCUT2D eigenvalue weighted by molar-refractivity contribution is -0.272. The van der Waals surface area contributed by atoms with E-state index in [1.165, 1.54) is 23.1 Å². The Hall–Kier alpha value is -1.84. The molecule has 4 fully saturated rings. The lowest BCUT2D eigenvalue weighted by Gasteiger charge is -2.56. The van der Waals surface area contributed by atoms with E-state index in [-0.39, 0.29) is 29.1 Å². The van der Waals surface area contributed by atoms with E-state index in [0.717, 1.165) is 37.0 Å². The minimum absolute atomic E-state index is 0.121. The van der Waals surface area contributed by atoms with Gasteiger partial charge in [-0.25, -0.2) is 15.8 Å². The molecule has 14 heteroatoms. The van der Waals surface area contributed by atoms with Gasteiger partial charge in [0.25, 0.3) is 0 Å². The summed E-state index contributed by atoms with van der Waals surface area (Å²) in [6, 6.07) is 1.58. The maximum atomic E-state index is 6.53. The van der Waals surface area contributed by atoms with Gasteiger partial charge in [0.15, 0.2) is 5.13 Å². The van der Waals surface area contributed by atoms with Crippen LogP contribution in [0.2, 0.25) is 5.02 Å². The molecule has 6 heterocycles. The summed E-state index contributed by atoms with van der Waals surface area (Å²) in [6.07, 6.45) is 2.51. The first-order valence-electron chi connectivity index (χ1n) is 11.5. The van der Waals surface area contributed by atoms with Crippen LogP contribution in [0.4, 0.5) is 10.9 Å². The highest BCUT2D eigenvalue weighted by Gasteiger charge is 2.54. The fraction of sp³-hybridized carbons (Fsp3) is 0.545. The Morgan fingerprint density at radius 1 is 1.42 bits per heavy atom. The zero-order chi connectivity index (χ0) is 25.0. The normalized spacial score (nSPS) is 30.8. The van der Waals surface area contributed by atoms with Crippen LogP contribution in [0.3, 0.4) is 0 Å². The van der Waals surface area contributed by atoms with Crippen LogP contribution >= 0.6 is 34.7 Å². The molecule has 1 spiro atoms. The standard InChI is InChI=1S/C22H28ClN7O4S2/c1-31-18-16(30(26)4-12(24)13-6-35-21(25)28-13)17-14(5-33-17)34-20(18)36-15-2-11(23)3-27-19(15)29-7-22(8-29)9-32-10-22/h2-4,6,14,16-18,20H,5,7-10,24,26H2,1H3,(H2,25,28)/b12-4-. The van der Waals surface area contributed by atoms with Gasteiger partial charge in [0, 0.05) is 38.0 Å². The largest absolute Gasteiger partial charge is 0.396 e. The number of nitrogens with zero attached hydrogens (tertiary/aromatic N) is 4. The first kappa shape index (κ1) is 24.5. The van der Waals surface area contributed by atoms with E-state index in [2.05, 4.69) is 14.9 Å².